The summed E-state index contributed by atoms with van der Waals surface area (Å²) < 4.78 is 0. The summed E-state index contributed by atoms with van der Waals surface area (Å²) in [5, 5.41) is 3.20. The summed E-state index contributed by atoms with van der Waals surface area (Å²) in [5.74, 6) is 0.0769. The van der Waals surface area contributed by atoms with Crippen LogP contribution >= 0.6 is 0 Å². The van der Waals surface area contributed by atoms with E-state index < -0.39 is 0 Å². The van der Waals surface area contributed by atoms with Crippen LogP contribution in [0.3, 0.4) is 0 Å². The number of carbonyl (C=O) groups is 1. The largest absolute Gasteiger partial charge is 0.365 e. The van der Waals surface area contributed by atoms with Gasteiger partial charge in [0.25, 0.3) is 0 Å². The molecule has 0 heterocycles. The predicted molar refractivity (Wildman–Crippen MR) is 90.0 cm³/mol. The lowest BCUT2D eigenvalue weighted by Gasteiger charge is -2.27. The van der Waals surface area contributed by atoms with Crippen molar-refractivity contribution >= 4 is 11.6 Å². The molecule has 0 fully saturated rings. The molecule has 0 bridgehead atoms. The lowest BCUT2D eigenvalue weighted by Crippen LogP contribution is -2.38. The fourth-order valence-corrected chi connectivity index (χ4v) is 3.13. The first-order valence-electron chi connectivity index (χ1n) is 7.87. The topological polar surface area (TPSA) is 32.3 Å². The fraction of sp³-hybridized carbons (Fsp3) is 0.316. The van der Waals surface area contributed by atoms with Gasteiger partial charge in [0, 0.05) is 12.7 Å². The summed E-state index contributed by atoms with van der Waals surface area (Å²) in [6.45, 7) is 0.378. The third-order valence-electron chi connectivity index (χ3n) is 4.28. The number of anilines is 1. The van der Waals surface area contributed by atoms with Crippen molar-refractivity contribution in [2.24, 2.45) is 0 Å². The highest BCUT2D eigenvalue weighted by atomic mass is 16.2. The van der Waals surface area contributed by atoms with Gasteiger partial charge in [-0.05, 0) is 42.5 Å². The van der Waals surface area contributed by atoms with E-state index in [0.717, 1.165) is 24.9 Å². The Labute approximate surface area is 132 Å². The van der Waals surface area contributed by atoms with E-state index in [2.05, 4.69) is 29.6 Å². The number of hydrogen-bond donors (Lipinski definition) is 1. The van der Waals surface area contributed by atoms with Gasteiger partial charge in [-0.15, -0.1) is 0 Å². The van der Waals surface area contributed by atoms with Crippen molar-refractivity contribution in [1.82, 2.24) is 5.32 Å². The third kappa shape index (κ3) is 3.30. The number of likely N-dealkylation sites (N-methyl/N-ethyl adjacent to an activating group) is 1. The molecule has 0 spiro atoms. The van der Waals surface area contributed by atoms with Crippen molar-refractivity contribution in [3.63, 3.8) is 0 Å². The molecule has 1 amide bonds. The van der Waals surface area contributed by atoms with Gasteiger partial charge in [-0.3, -0.25) is 4.79 Å². The number of fused-ring (bicyclic) bond motifs is 1. The lowest BCUT2D eigenvalue weighted by molar-refractivity contribution is -0.120. The zero-order valence-electron chi connectivity index (χ0n) is 13.0. The van der Waals surface area contributed by atoms with E-state index in [9.17, 15) is 4.79 Å². The molecule has 1 atom stereocenters. The molecule has 0 unspecified atom stereocenters. The van der Waals surface area contributed by atoms with Crippen LogP contribution in [0.4, 0.5) is 5.69 Å². The van der Waals surface area contributed by atoms with Gasteiger partial charge in [0.05, 0.1) is 12.6 Å². The zero-order valence-corrected chi connectivity index (χ0v) is 13.0. The highest BCUT2D eigenvalue weighted by molar-refractivity contribution is 5.81. The molecule has 0 aliphatic heterocycles. The van der Waals surface area contributed by atoms with Crippen LogP contribution in [0.25, 0.3) is 0 Å². The van der Waals surface area contributed by atoms with E-state index >= 15 is 0 Å². The number of hydrogen-bond acceptors (Lipinski definition) is 2. The highest BCUT2D eigenvalue weighted by Gasteiger charge is 2.21. The van der Waals surface area contributed by atoms with Gasteiger partial charge in [-0.2, -0.15) is 0 Å². The number of nitrogens with one attached hydrogen (secondary N) is 1. The minimum Gasteiger partial charge on any atom is -0.365 e. The van der Waals surface area contributed by atoms with Crippen molar-refractivity contribution in [1.29, 1.82) is 0 Å². The minimum absolute atomic E-state index is 0.0769. The smallest absolute Gasteiger partial charge is 0.239 e. The predicted octanol–water partition coefficient (Wildman–Crippen LogP) is 3.32. The number of carbonyl (C=O) groups excluding carboxylic acids is 1. The van der Waals surface area contributed by atoms with E-state index in [-0.39, 0.29) is 11.9 Å². The second-order valence-corrected chi connectivity index (χ2v) is 5.90. The first-order valence-corrected chi connectivity index (χ1v) is 7.87. The van der Waals surface area contributed by atoms with Crippen molar-refractivity contribution in [2.75, 3.05) is 18.5 Å². The van der Waals surface area contributed by atoms with E-state index in [1.807, 2.05) is 42.3 Å². The molecule has 2 aromatic rings. The first-order chi connectivity index (χ1) is 10.7. The second kappa shape index (κ2) is 6.65. The first kappa shape index (κ1) is 14.6. The van der Waals surface area contributed by atoms with Crippen LogP contribution in [0, 0.1) is 0 Å². The normalized spacial score (nSPS) is 16.7. The van der Waals surface area contributed by atoms with E-state index in [0.29, 0.717) is 6.54 Å². The number of amides is 1. The van der Waals surface area contributed by atoms with Crippen molar-refractivity contribution < 1.29 is 4.79 Å². The molecule has 22 heavy (non-hydrogen) atoms. The van der Waals surface area contributed by atoms with Crippen LogP contribution in [0.5, 0.6) is 0 Å². The van der Waals surface area contributed by atoms with Crippen LogP contribution in [0.15, 0.2) is 54.6 Å². The summed E-state index contributed by atoms with van der Waals surface area (Å²) in [6.07, 6.45) is 3.28. The maximum absolute atomic E-state index is 12.4. The Morgan fingerprint density at radius 2 is 1.86 bits per heavy atom. The average molecular weight is 294 g/mol. The molecule has 114 valence electrons. The van der Waals surface area contributed by atoms with Gasteiger partial charge in [0.1, 0.15) is 0 Å². The molecule has 0 saturated carbocycles. The summed E-state index contributed by atoms with van der Waals surface area (Å²) in [5.41, 5.74) is 3.71. The number of aryl methyl sites for hydroxylation is 1. The molecule has 1 N–H and O–H groups in total. The van der Waals surface area contributed by atoms with Gasteiger partial charge >= 0.3 is 0 Å². The molecular formula is C19H22N2O. The quantitative estimate of drug-likeness (QED) is 0.938. The van der Waals surface area contributed by atoms with Gasteiger partial charge in [-0.25, -0.2) is 0 Å². The summed E-state index contributed by atoms with van der Waals surface area (Å²) in [7, 11) is 1.95. The van der Waals surface area contributed by atoms with Crippen molar-refractivity contribution in [3.8, 4) is 0 Å². The third-order valence-corrected chi connectivity index (χ3v) is 4.28. The molecule has 0 radical (unpaired) electrons. The molecule has 1 aliphatic carbocycles. The molecular weight excluding hydrogens is 272 g/mol. The molecule has 3 nitrogen and oxygen atoms in total. The number of rotatable bonds is 4. The molecule has 0 aromatic heterocycles. The van der Waals surface area contributed by atoms with E-state index in [4.69, 9.17) is 0 Å². The van der Waals surface area contributed by atoms with Gasteiger partial charge < -0.3 is 10.2 Å². The molecule has 3 rings (SSSR count). The lowest BCUT2D eigenvalue weighted by atomic mass is 9.88. The monoisotopic (exact) mass is 294 g/mol. The molecule has 1 aliphatic rings. The van der Waals surface area contributed by atoms with Gasteiger partial charge in [-0.1, -0.05) is 42.5 Å². The Balaban J connectivity index is 1.63. The Kier molecular flexibility index (Phi) is 4.42. The minimum atomic E-state index is 0.0769. The molecule has 0 saturated heterocycles. The molecule has 3 heteroatoms. The second-order valence-electron chi connectivity index (χ2n) is 5.90. The maximum Gasteiger partial charge on any atom is 0.239 e. The van der Waals surface area contributed by atoms with Crippen LogP contribution in [-0.4, -0.2) is 19.5 Å². The summed E-state index contributed by atoms with van der Waals surface area (Å²) in [6, 6.07) is 18.6. The van der Waals surface area contributed by atoms with Crippen molar-refractivity contribution in [3.05, 3.63) is 65.7 Å². The summed E-state index contributed by atoms with van der Waals surface area (Å²) in [4.78, 5) is 14.3. The van der Waals surface area contributed by atoms with E-state index in [1.165, 1.54) is 11.1 Å². The van der Waals surface area contributed by atoms with Crippen LogP contribution < -0.4 is 10.2 Å². The highest BCUT2D eigenvalue weighted by Crippen LogP contribution is 2.29. The van der Waals surface area contributed by atoms with Gasteiger partial charge in [0.2, 0.25) is 5.91 Å². The fourth-order valence-electron chi connectivity index (χ4n) is 3.13. The van der Waals surface area contributed by atoms with Gasteiger partial charge in [0.15, 0.2) is 0 Å². The number of benzene rings is 2. The Hall–Kier alpha value is -2.29. The van der Waals surface area contributed by atoms with E-state index in [1.54, 1.807) is 0 Å². The van der Waals surface area contributed by atoms with Crippen LogP contribution in [-0.2, 0) is 11.2 Å². The summed E-state index contributed by atoms with van der Waals surface area (Å²) >= 11 is 0. The molecule has 2 aromatic carbocycles. The van der Waals surface area contributed by atoms with Crippen LogP contribution in [0.2, 0.25) is 0 Å². The van der Waals surface area contributed by atoms with Crippen molar-refractivity contribution in [2.45, 2.75) is 25.3 Å². The Bertz CT molecular complexity index is 639. The SMILES string of the molecule is CN(CC(=O)N[C@H]1CCCc2ccccc21)c1ccccc1. The maximum atomic E-state index is 12.4. The Morgan fingerprint density at radius 3 is 2.68 bits per heavy atom. The zero-order chi connectivity index (χ0) is 15.4. The number of para-hydroxylation sites is 1. The standard InChI is InChI=1S/C19H22N2O/c1-21(16-10-3-2-4-11-16)14-19(22)20-18-13-7-9-15-8-5-6-12-17(15)18/h2-6,8,10-12,18H,7,9,13-14H2,1H3,(H,20,22)/t18-/m0/s1. The van der Waals surface area contributed by atoms with Crippen LogP contribution in [0.1, 0.15) is 30.0 Å². The Morgan fingerprint density at radius 1 is 1.14 bits per heavy atom. The number of nitrogens with zero attached hydrogens (tertiary/aromatic N) is 1. The average Bonchev–Trinajstić information content (AvgIpc) is 2.56.